The zero-order chi connectivity index (χ0) is 12.9. The van der Waals surface area contributed by atoms with Gasteiger partial charge in [-0.15, -0.1) is 0 Å². The van der Waals surface area contributed by atoms with Gasteiger partial charge in [0.05, 0.1) is 5.16 Å². The number of hydrogen-bond donors (Lipinski definition) is 1. The van der Waals surface area contributed by atoms with Crippen molar-refractivity contribution >= 4 is 23.3 Å². The highest BCUT2D eigenvalue weighted by Gasteiger charge is 2.40. The average molecular weight is 249 g/mol. The normalized spacial score (nSPS) is 13.8. The van der Waals surface area contributed by atoms with E-state index in [0.29, 0.717) is 12.0 Å². The molecule has 17 heavy (non-hydrogen) atoms. The minimum absolute atomic E-state index is 0.193. The monoisotopic (exact) mass is 249 g/mol. The minimum Gasteiger partial charge on any atom is -0.479 e. The number of carboxylic acid groups (broad SMARTS) is 1. The van der Waals surface area contributed by atoms with Gasteiger partial charge in [0, 0.05) is 0 Å². The molecule has 0 aliphatic carbocycles. The third-order valence-corrected chi connectivity index (χ3v) is 2.64. The summed E-state index contributed by atoms with van der Waals surface area (Å²) in [5.41, 5.74) is -0.671. The standard InChI is InChI=1S/C13H15NO2S/c1-10(2)8-13(12(15)16,14-9-17)11-6-4-3-5-7-11/h3-7,10H,8H2,1-2H3,(H,15,16). The first-order chi connectivity index (χ1) is 8.03. The van der Waals surface area contributed by atoms with Crippen molar-refractivity contribution in [3.05, 3.63) is 35.9 Å². The molecule has 0 fully saturated rings. The molecule has 1 rings (SSSR count). The van der Waals surface area contributed by atoms with Gasteiger partial charge in [-0.2, -0.15) is 0 Å². The number of carboxylic acids is 1. The number of benzene rings is 1. The third-order valence-electron chi connectivity index (χ3n) is 2.55. The molecule has 0 aliphatic heterocycles. The molecule has 0 radical (unpaired) electrons. The topological polar surface area (TPSA) is 49.7 Å². The predicted molar refractivity (Wildman–Crippen MR) is 70.2 cm³/mol. The number of rotatable bonds is 5. The first-order valence-electron chi connectivity index (χ1n) is 5.41. The third kappa shape index (κ3) is 2.99. The van der Waals surface area contributed by atoms with Gasteiger partial charge < -0.3 is 5.11 Å². The molecule has 1 atom stereocenters. The fraction of sp³-hybridized carbons (Fsp3) is 0.385. The Morgan fingerprint density at radius 2 is 2.06 bits per heavy atom. The van der Waals surface area contributed by atoms with Gasteiger partial charge in [-0.3, -0.25) is 0 Å². The molecule has 1 N–H and O–H groups in total. The summed E-state index contributed by atoms with van der Waals surface area (Å²) >= 11 is 4.59. The van der Waals surface area contributed by atoms with Crippen molar-refractivity contribution in [3.8, 4) is 0 Å². The summed E-state index contributed by atoms with van der Waals surface area (Å²) < 4.78 is 0. The average Bonchev–Trinajstić information content (AvgIpc) is 2.28. The van der Waals surface area contributed by atoms with E-state index in [4.69, 9.17) is 0 Å². The number of nitrogens with zero attached hydrogens (tertiary/aromatic N) is 1. The lowest BCUT2D eigenvalue weighted by molar-refractivity contribution is -0.144. The van der Waals surface area contributed by atoms with Crippen molar-refractivity contribution in [2.75, 3.05) is 0 Å². The maximum atomic E-state index is 11.6. The van der Waals surface area contributed by atoms with Crippen LogP contribution in [-0.2, 0) is 10.3 Å². The van der Waals surface area contributed by atoms with Gasteiger partial charge in [0.25, 0.3) is 0 Å². The van der Waals surface area contributed by atoms with Gasteiger partial charge >= 0.3 is 5.97 Å². The highest BCUT2D eigenvalue weighted by molar-refractivity contribution is 7.78. The molecule has 3 nitrogen and oxygen atoms in total. The van der Waals surface area contributed by atoms with Crippen LogP contribution in [0.4, 0.5) is 0 Å². The molecule has 1 aromatic rings. The van der Waals surface area contributed by atoms with Crippen LogP contribution in [0.5, 0.6) is 0 Å². The number of aliphatic imine (C=N–C) groups is 1. The molecule has 0 spiro atoms. The molecule has 0 aliphatic rings. The summed E-state index contributed by atoms with van der Waals surface area (Å²) in [6.45, 7) is 3.92. The summed E-state index contributed by atoms with van der Waals surface area (Å²) in [7, 11) is 0. The van der Waals surface area contributed by atoms with Gasteiger partial charge in [0.1, 0.15) is 0 Å². The highest BCUT2D eigenvalue weighted by Crippen LogP contribution is 2.33. The van der Waals surface area contributed by atoms with Gasteiger partial charge in [0.15, 0.2) is 5.54 Å². The quantitative estimate of drug-likeness (QED) is 0.644. The van der Waals surface area contributed by atoms with E-state index < -0.39 is 11.5 Å². The van der Waals surface area contributed by atoms with Crippen LogP contribution >= 0.6 is 12.2 Å². The molecule has 0 saturated carbocycles. The van der Waals surface area contributed by atoms with E-state index in [0.717, 1.165) is 0 Å². The summed E-state index contributed by atoms with van der Waals surface area (Å²) in [4.78, 5) is 15.5. The van der Waals surface area contributed by atoms with Crippen molar-refractivity contribution in [2.24, 2.45) is 10.9 Å². The van der Waals surface area contributed by atoms with Crippen LogP contribution in [-0.4, -0.2) is 16.2 Å². The maximum absolute atomic E-state index is 11.6. The van der Waals surface area contributed by atoms with E-state index in [9.17, 15) is 9.90 Å². The number of hydrogen-bond acceptors (Lipinski definition) is 3. The summed E-state index contributed by atoms with van der Waals surface area (Å²) in [5.74, 6) is -0.798. The largest absolute Gasteiger partial charge is 0.479 e. The summed E-state index contributed by atoms with van der Waals surface area (Å²) in [6, 6.07) is 8.95. The fourth-order valence-corrected chi connectivity index (χ4v) is 2.03. The lowest BCUT2D eigenvalue weighted by Gasteiger charge is -2.26. The van der Waals surface area contributed by atoms with Crippen molar-refractivity contribution in [1.29, 1.82) is 0 Å². The van der Waals surface area contributed by atoms with Crippen molar-refractivity contribution in [2.45, 2.75) is 25.8 Å². The molecular formula is C13H15NO2S. The number of carbonyl (C=O) groups is 1. The minimum atomic E-state index is -1.31. The first kappa shape index (κ1) is 13.6. The van der Waals surface area contributed by atoms with Crippen LogP contribution in [0, 0.1) is 5.92 Å². The van der Waals surface area contributed by atoms with Crippen LogP contribution in [0.15, 0.2) is 35.3 Å². The summed E-state index contributed by atoms with van der Waals surface area (Å²) in [5, 5.41) is 11.7. The van der Waals surface area contributed by atoms with Crippen LogP contribution < -0.4 is 0 Å². The Hall–Kier alpha value is -1.51. The molecule has 0 bridgehead atoms. The second-order valence-corrected chi connectivity index (χ2v) is 4.52. The Labute approximate surface area is 106 Å². The maximum Gasteiger partial charge on any atom is 0.337 e. The van der Waals surface area contributed by atoms with Crippen LogP contribution in [0.25, 0.3) is 0 Å². The van der Waals surface area contributed by atoms with E-state index in [-0.39, 0.29) is 5.92 Å². The molecule has 0 saturated heterocycles. The van der Waals surface area contributed by atoms with E-state index in [1.807, 2.05) is 19.9 Å². The predicted octanol–water partition coefficient (Wildman–Crippen LogP) is 3.12. The van der Waals surface area contributed by atoms with Crippen molar-refractivity contribution in [1.82, 2.24) is 0 Å². The molecular weight excluding hydrogens is 234 g/mol. The second kappa shape index (κ2) is 5.71. The molecule has 1 aromatic carbocycles. The number of thiocarbonyl (C=S) groups is 1. The SMILES string of the molecule is CC(C)CC(N=C=S)(C(=O)O)c1ccccc1. The number of isothiocyanates is 1. The van der Waals surface area contributed by atoms with Gasteiger partial charge in [-0.05, 0) is 30.1 Å². The van der Waals surface area contributed by atoms with E-state index >= 15 is 0 Å². The molecule has 0 aromatic heterocycles. The van der Waals surface area contributed by atoms with E-state index in [1.54, 1.807) is 24.3 Å². The van der Waals surface area contributed by atoms with E-state index in [2.05, 4.69) is 22.4 Å². The lowest BCUT2D eigenvalue weighted by atomic mass is 9.83. The highest BCUT2D eigenvalue weighted by atomic mass is 32.1. The Bertz CT molecular complexity index is 434. The van der Waals surface area contributed by atoms with E-state index in [1.165, 1.54) is 0 Å². The van der Waals surface area contributed by atoms with Crippen molar-refractivity contribution < 1.29 is 9.90 Å². The summed E-state index contributed by atoms with van der Waals surface area (Å²) in [6.07, 6.45) is 0.399. The molecule has 0 heterocycles. The Morgan fingerprint density at radius 3 is 2.47 bits per heavy atom. The molecule has 0 amide bonds. The lowest BCUT2D eigenvalue weighted by Crippen LogP contribution is -2.35. The smallest absolute Gasteiger partial charge is 0.337 e. The van der Waals surface area contributed by atoms with Crippen molar-refractivity contribution in [3.63, 3.8) is 0 Å². The zero-order valence-electron chi connectivity index (χ0n) is 9.88. The second-order valence-electron chi connectivity index (χ2n) is 4.33. The van der Waals surface area contributed by atoms with Crippen LogP contribution in [0.1, 0.15) is 25.8 Å². The first-order valence-corrected chi connectivity index (χ1v) is 5.81. The zero-order valence-corrected chi connectivity index (χ0v) is 10.7. The van der Waals surface area contributed by atoms with Crippen LogP contribution in [0.3, 0.4) is 0 Å². The van der Waals surface area contributed by atoms with Crippen LogP contribution in [0.2, 0.25) is 0 Å². The Balaban J connectivity index is 3.35. The fourth-order valence-electron chi connectivity index (χ4n) is 1.87. The molecule has 90 valence electrons. The van der Waals surface area contributed by atoms with Gasteiger partial charge in [-0.1, -0.05) is 44.2 Å². The number of aliphatic carboxylic acids is 1. The molecule has 1 unspecified atom stereocenters. The molecule has 4 heteroatoms. The Kier molecular flexibility index (Phi) is 4.55. The Morgan fingerprint density at radius 1 is 1.47 bits per heavy atom. The van der Waals surface area contributed by atoms with Gasteiger partial charge in [-0.25, -0.2) is 9.79 Å². The van der Waals surface area contributed by atoms with Gasteiger partial charge in [0.2, 0.25) is 0 Å².